The molecule has 202 valence electrons. The third kappa shape index (κ3) is 8.20. The molecule has 9 heteroatoms. The number of anilines is 1. The van der Waals surface area contributed by atoms with Crippen molar-refractivity contribution in [3.63, 3.8) is 0 Å². The fourth-order valence-electron chi connectivity index (χ4n) is 4.58. The Kier molecular flexibility index (Phi) is 10.0. The van der Waals surface area contributed by atoms with Crippen LogP contribution >= 0.6 is 11.6 Å². The standard InChI is InChI=1S/C28H38ClN3O4S/c1-20(2)23-12-16-26(17-13-23)32(37(4,35)36)19-27(33)31(18-22-10-14-24(29)15-11-22)21(3)28(34)30-25-8-6-5-7-9-25/h10-17,20-21,25H,5-9,18-19H2,1-4H3,(H,30,34)/t21-/m0/s1. The molecule has 0 aromatic heterocycles. The van der Waals surface area contributed by atoms with Crippen LogP contribution in [0.5, 0.6) is 0 Å². The third-order valence-corrected chi connectivity index (χ3v) is 8.30. The number of carbonyl (C=O) groups excluding carboxylic acids is 2. The Balaban J connectivity index is 1.86. The SMILES string of the molecule is CC(C)c1ccc(N(CC(=O)N(Cc2ccc(Cl)cc2)[C@@H](C)C(=O)NC2CCCCC2)S(C)(=O)=O)cc1. The second kappa shape index (κ2) is 12.8. The van der Waals surface area contributed by atoms with Gasteiger partial charge < -0.3 is 10.2 Å². The molecule has 0 heterocycles. The number of sulfonamides is 1. The van der Waals surface area contributed by atoms with Gasteiger partial charge in [0.25, 0.3) is 0 Å². The number of rotatable bonds is 10. The van der Waals surface area contributed by atoms with E-state index >= 15 is 0 Å². The van der Waals surface area contributed by atoms with Crippen LogP contribution in [0.15, 0.2) is 48.5 Å². The number of amides is 2. The highest BCUT2D eigenvalue weighted by atomic mass is 35.5. The molecule has 1 aliphatic rings. The van der Waals surface area contributed by atoms with Crippen molar-refractivity contribution in [3.05, 3.63) is 64.7 Å². The van der Waals surface area contributed by atoms with Crippen LogP contribution in [0, 0.1) is 0 Å². The van der Waals surface area contributed by atoms with Gasteiger partial charge in [-0.05, 0) is 61.1 Å². The lowest BCUT2D eigenvalue weighted by atomic mass is 9.95. The van der Waals surface area contributed by atoms with E-state index in [2.05, 4.69) is 19.2 Å². The first-order valence-electron chi connectivity index (χ1n) is 12.9. The van der Waals surface area contributed by atoms with Crippen LogP contribution in [0.4, 0.5) is 5.69 Å². The molecule has 1 aliphatic carbocycles. The van der Waals surface area contributed by atoms with Gasteiger partial charge in [-0.15, -0.1) is 0 Å². The molecule has 3 rings (SSSR count). The smallest absolute Gasteiger partial charge is 0.244 e. The fourth-order valence-corrected chi connectivity index (χ4v) is 5.55. The quantitative estimate of drug-likeness (QED) is 0.448. The summed E-state index contributed by atoms with van der Waals surface area (Å²) < 4.78 is 26.6. The van der Waals surface area contributed by atoms with Gasteiger partial charge in [0.2, 0.25) is 21.8 Å². The number of nitrogens with one attached hydrogen (secondary N) is 1. The molecule has 0 aliphatic heterocycles. The molecule has 37 heavy (non-hydrogen) atoms. The summed E-state index contributed by atoms with van der Waals surface area (Å²) in [7, 11) is -3.76. The van der Waals surface area contributed by atoms with E-state index in [9.17, 15) is 18.0 Å². The summed E-state index contributed by atoms with van der Waals surface area (Å²) in [5.41, 5.74) is 2.27. The summed E-state index contributed by atoms with van der Waals surface area (Å²) in [5.74, 6) is -0.401. The monoisotopic (exact) mass is 547 g/mol. The minimum absolute atomic E-state index is 0.100. The van der Waals surface area contributed by atoms with Crippen LogP contribution in [0.3, 0.4) is 0 Å². The molecule has 0 radical (unpaired) electrons. The summed E-state index contributed by atoms with van der Waals surface area (Å²) >= 11 is 6.03. The van der Waals surface area contributed by atoms with Gasteiger partial charge in [-0.25, -0.2) is 8.42 Å². The molecule has 2 aromatic carbocycles. The van der Waals surface area contributed by atoms with E-state index in [0.29, 0.717) is 16.6 Å². The third-order valence-electron chi connectivity index (χ3n) is 6.91. The molecule has 1 saturated carbocycles. The van der Waals surface area contributed by atoms with Gasteiger partial charge in [0.1, 0.15) is 12.6 Å². The molecule has 1 fully saturated rings. The Morgan fingerprint density at radius 1 is 0.973 bits per heavy atom. The van der Waals surface area contributed by atoms with Crippen LogP contribution in [0.1, 0.15) is 69.9 Å². The van der Waals surface area contributed by atoms with Gasteiger partial charge in [0.15, 0.2) is 0 Å². The van der Waals surface area contributed by atoms with E-state index in [0.717, 1.165) is 47.4 Å². The number of halogens is 1. The van der Waals surface area contributed by atoms with Gasteiger partial charge in [0, 0.05) is 17.6 Å². The summed E-state index contributed by atoms with van der Waals surface area (Å²) in [5, 5.41) is 3.66. The molecule has 1 atom stereocenters. The Morgan fingerprint density at radius 2 is 1.57 bits per heavy atom. The predicted molar refractivity (Wildman–Crippen MR) is 149 cm³/mol. The first-order chi connectivity index (χ1) is 17.5. The summed E-state index contributed by atoms with van der Waals surface area (Å²) in [4.78, 5) is 28.3. The van der Waals surface area contributed by atoms with E-state index in [1.165, 1.54) is 11.3 Å². The summed E-state index contributed by atoms with van der Waals surface area (Å²) in [6.45, 7) is 5.55. The van der Waals surface area contributed by atoms with Crippen molar-refractivity contribution in [1.82, 2.24) is 10.2 Å². The lowest BCUT2D eigenvalue weighted by Gasteiger charge is -2.33. The molecule has 1 N–H and O–H groups in total. The fraction of sp³-hybridized carbons (Fsp3) is 0.500. The molecular formula is C28H38ClN3O4S. The minimum atomic E-state index is -3.76. The van der Waals surface area contributed by atoms with Crippen molar-refractivity contribution >= 4 is 39.1 Å². The Labute approximate surface area is 226 Å². The predicted octanol–water partition coefficient (Wildman–Crippen LogP) is 5.10. The van der Waals surface area contributed by atoms with Crippen molar-refractivity contribution in [3.8, 4) is 0 Å². The molecule has 0 bridgehead atoms. The first kappa shape index (κ1) is 29.0. The number of hydrogen-bond donors (Lipinski definition) is 1. The average Bonchev–Trinajstić information content (AvgIpc) is 2.86. The Morgan fingerprint density at radius 3 is 2.11 bits per heavy atom. The Hall–Kier alpha value is -2.58. The maximum Gasteiger partial charge on any atom is 0.244 e. The van der Waals surface area contributed by atoms with Crippen molar-refractivity contribution in [2.24, 2.45) is 0 Å². The number of hydrogen-bond acceptors (Lipinski definition) is 4. The van der Waals surface area contributed by atoms with Crippen molar-refractivity contribution in [2.45, 2.75) is 77.4 Å². The van der Waals surface area contributed by atoms with Gasteiger partial charge >= 0.3 is 0 Å². The summed E-state index contributed by atoms with van der Waals surface area (Å²) in [6.07, 6.45) is 6.26. The van der Waals surface area contributed by atoms with E-state index in [4.69, 9.17) is 11.6 Å². The molecular weight excluding hydrogens is 510 g/mol. The van der Waals surface area contributed by atoms with Crippen molar-refractivity contribution in [1.29, 1.82) is 0 Å². The van der Waals surface area contributed by atoms with Gasteiger partial charge in [-0.3, -0.25) is 13.9 Å². The average molecular weight is 548 g/mol. The molecule has 7 nitrogen and oxygen atoms in total. The highest BCUT2D eigenvalue weighted by molar-refractivity contribution is 7.92. The maximum absolute atomic E-state index is 13.7. The van der Waals surface area contributed by atoms with Crippen LogP contribution in [-0.2, 0) is 26.2 Å². The zero-order valence-corrected chi connectivity index (χ0v) is 23.7. The summed E-state index contributed by atoms with van der Waals surface area (Å²) in [6, 6.07) is 13.5. The lowest BCUT2D eigenvalue weighted by Crippen LogP contribution is -2.52. The zero-order valence-electron chi connectivity index (χ0n) is 22.1. The topological polar surface area (TPSA) is 86.8 Å². The molecule has 0 spiro atoms. The largest absolute Gasteiger partial charge is 0.352 e. The van der Waals surface area contributed by atoms with Crippen LogP contribution in [0.2, 0.25) is 5.02 Å². The highest BCUT2D eigenvalue weighted by Gasteiger charge is 2.31. The molecule has 2 amide bonds. The Bertz CT molecular complexity index is 1160. The highest BCUT2D eigenvalue weighted by Crippen LogP contribution is 2.23. The maximum atomic E-state index is 13.7. The zero-order chi connectivity index (χ0) is 27.2. The van der Waals surface area contributed by atoms with Crippen LogP contribution in [0.25, 0.3) is 0 Å². The van der Waals surface area contributed by atoms with Gasteiger partial charge in [-0.2, -0.15) is 0 Å². The van der Waals surface area contributed by atoms with E-state index in [1.807, 2.05) is 12.1 Å². The molecule has 0 saturated heterocycles. The van der Waals surface area contributed by atoms with Crippen LogP contribution in [-0.4, -0.2) is 50.0 Å². The second-order valence-corrected chi connectivity index (χ2v) is 12.5. The number of carbonyl (C=O) groups is 2. The van der Waals surface area contributed by atoms with E-state index in [-0.39, 0.29) is 18.5 Å². The van der Waals surface area contributed by atoms with E-state index < -0.39 is 28.5 Å². The normalized spacial score (nSPS) is 15.3. The van der Waals surface area contributed by atoms with Crippen molar-refractivity contribution < 1.29 is 18.0 Å². The first-order valence-corrected chi connectivity index (χ1v) is 15.1. The van der Waals surface area contributed by atoms with E-state index in [1.54, 1.807) is 43.3 Å². The number of nitrogens with zero attached hydrogens (tertiary/aromatic N) is 2. The van der Waals surface area contributed by atoms with Gasteiger partial charge in [0.05, 0.1) is 11.9 Å². The number of benzene rings is 2. The molecule has 2 aromatic rings. The minimum Gasteiger partial charge on any atom is -0.352 e. The second-order valence-electron chi connectivity index (χ2n) is 10.2. The van der Waals surface area contributed by atoms with Crippen LogP contribution < -0.4 is 9.62 Å². The lowest BCUT2D eigenvalue weighted by molar-refractivity contribution is -0.139. The van der Waals surface area contributed by atoms with Crippen molar-refractivity contribution in [2.75, 3.05) is 17.1 Å². The molecule has 0 unspecified atom stereocenters. The van der Waals surface area contributed by atoms with Gasteiger partial charge in [-0.1, -0.05) is 69.0 Å².